The van der Waals surface area contributed by atoms with Gasteiger partial charge >= 0.3 is 5.97 Å². The molecule has 1 aliphatic rings. The van der Waals surface area contributed by atoms with Gasteiger partial charge in [-0.2, -0.15) is 0 Å². The summed E-state index contributed by atoms with van der Waals surface area (Å²) in [6.45, 7) is 0.625. The number of halogens is 2. The number of carboxylic acid groups (broad SMARTS) is 1. The van der Waals surface area contributed by atoms with E-state index in [2.05, 4.69) is 5.32 Å². The summed E-state index contributed by atoms with van der Waals surface area (Å²) in [5.41, 5.74) is 0. The van der Waals surface area contributed by atoms with Crippen LogP contribution in [0.2, 0.25) is 0 Å². The predicted octanol–water partition coefficient (Wildman–Crippen LogP) is -0.00140. The van der Waals surface area contributed by atoms with Crippen LogP contribution in [-0.4, -0.2) is 66.3 Å². The van der Waals surface area contributed by atoms with Crippen LogP contribution in [-0.2, 0) is 4.79 Å². The number of aliphatic hydroxyl groups excluding tert-OH is 1. The standard InChI is InChI=1S/C11H20F2N2O3/c12-10(13)4-14-9-3-8(1-2-16)5-15(6-9)7-11(17)18/h8-10,14,16H,1-7H2,(H,17,18). The molecule has 0 amide bonds. The highest BCUT2D eigenvalue weighted by Crippen LogP contribution is 2.19. The maximum absolute atomic E-state index is 12.1. The number of carbonyl (C=O) groups is 1. The molecule has 0 radical (unpaired) electrons. The average Bonchev–Trinajstić information content (AvgIpc) is 2.25. The van der Waals surface area contributed by atoms with Gasteiger partial charge in [-0.15, -0.1) is 0 Å². The van der Waals surface area contributed by atoms with Gasteiger partial charge in [-0.3, -0.25) is 9.69 Å². The number of alkyl halides is 2. The zero-order chi connectivity index (χ0) is 13.5. The highest BCUT2D eigenvalue weighted by molar-refractivity contribution is 5.69. The van der Waals surface area contributed by atoms with Gasteiger partial charge in [0.2, 0.25) is 0 Å². The molecule has 2 atom stereocenters. The fourth-order valence-electron chi connectivity index (χ4n) is 2.42. The Balaban J connectivity index is 2.47. The summed E-state index contributed by atoms with van der Waals surface area (Å²) < 4.78 is 24.3. The lowest BCUT2D eigenvalue weighted by atomic mass is 9.91. The number of hydrogen-bond acceptors (Lipinski definition) is 4. The van der Waals surface area contributed by atoms with E-state index in [4.69, 9.17) is 10.2 Å². The van der Waals surface area contributed by atoms with Gasteiger partial charge < -0.3 is 15.5 Å². The van der Waals surface area contributed by atoms with Crippen LogP contribution >= 0.6 is 0 Å². The van der Waals surface area contributed by atoms with E-state index >= 15 is 0 Å². The normalized spacial score (nSPS) is 25.6. The lowest BCUT2D eigenvalue weighted by Gasteiger charge is -2.37. The number of nitrogens with zero attached hydrogens (tertiary/aromatic N) is 1. The Hall–Kier alpha value is -0.790. The lowest BCUT2D eigenvalue weighted by Crippen LogP contribution is -2.51. The predicted molar refractivity (Wildman–Crippen MR) is 61.7 cm³/mol. The number of nitrogens with one attached hydrogen (secondary N) is 1. The van der Waals surface area contributed by atoms with Crippen LogP contribution in [0.25, 0.3) is 0 Å². The van der Waals surface area contributed by atoms with Crippen molar-refractivity contribution in [3.8, 4) is 0 Å². The number of likely N-dealkylation sites (tertiary alicyclic amines) is 1. The van der Waals surface area contributed by atoms with Crippen LogP contribution in [0.15, 0.2) is 0 Å². The molecule has 18 heavy (non-hydrogen) atoms. The highest BCUT2D eigenvalue weighted by atomic mass is 19.3. The molecule has 0 saturated carbocycles. The molecule has 0 aromatic heterocycles. The van der Waals surface area contributed by atoms with Gasteiger partial charge in [-0.25, -0.2) is 8.78 Å². The molecule has 0 bridgehead atoms. The first kappa shape index (κ1) is 15.3. The monoisotopic (exact) mass is 266 g/mol. The molecule has 1 fully saturated rings. The van der Waals surface area contributed by atoms with E-state index in [1.54, 1.807) is 4.90 Å². The number of carboxylic acids is 1. The molecule has 1 saturated heterocycles. The van der Waals surface area contributed by atoms with Crippen LogP contribution in [0.4, 0.5) is 8.78 Å². The van der Waals surface area contributed by atoms with Gasteiger partial charge in [-0.1, -0.05) is 0 Å². The summed E-state index contributed by atoms with van der Waals surface area (Å²) in [7, 11) is 0. The molecule has 0 aliphatic carbocycles. The molecule has 1 heterocycles. The van der Waals surface area contributed by atoms with Crippen LogP contribution in [0.1, 0.15) is 12.8 Å². The average molecular weight is 266 g/mol. The van der Waals surface area contributed by atoms with Crippen molar-refractivity contribution in [3.63, 3.8) is 0 Å². The second-order valence-electron chi connectivity index (χ2n) is 4.70. The first-order valence-electron chi connectivity index (χ1n) is 6.07. The van der Waals surface area contributed by atoms with E-state index in [9.17, 15) is 13.6 Å². The number of rotatable bonds is 7. The number of piperidine rings is 1. The van der Waals surface area contributed by atoms with Crippen molar-refractivity contribution in [2.24, 2.45) is 5.92 Å². The molecule has 5 nitrogen and oxygen atoms in total. The van der Waals surface area contributed by atoms with Crippen molar-refractivity contribution in [3.05, 3.63) is 0 Å². The minimum Gasteiger partial charge on any atom is -0.480 e. The SMILES string of the molecule is O=C(O)CN1CC(CCO)CC(NCC(F)F)C1. The van der Waals surface area contributed by atoms with Gasteiger partial charge in [0.25, 0.3) is 6.43 Å². The van der Waals surface area contributed by atoms with Gasteiger partial charge in [-0.05, 0) is 18.8 Å². The molecule has 1 rings (SSSR count). The van der Waals surface area contributed by atoms with E-state index in [0.29, 0.717) is 25.9 Å². The first-order chi connectivity index (χ1) is 8.51. The summed E-state index contributed by atoms with van der Waals surface area (Å²) in [5, 5.41) is 20.4. The van der Waals surface area contributed by atoms with Crippen LogP contribution in [0, 0.1) is 5.92 Å². The van der Waals surface area contributed by atoms with Crippen molar-refractivity contribution in [2.75, 3.05) is 32.8 Å². The molecule has 0 aromatic rings. The van der Waals surface area contributed by atoms with Gasteiger partial charge in [0.15, 0.2) is 0 Å². The Bertz CT molecular complexity index is 267. The third-order valence-corrected chi connectivity index (χ3v) is 3.07. The quantitative estimate of drug-likeness (QED) is 0.605. The highest BCUT2D eigenvalue weighted by Gasteiger charge is 2.28. The van der Waals surface area contributed by atoms with Crippen molar-refractivity contribution < 1.29 is 23.8 Å². The summed E-state index contributed by atoms with van der Waals surface area (Å²) in [6, 6.07) is -0.136. The molecule has 1 aliphatic heterocycles. The fourth-order valence-corrected chi connectivity index (χ4v) is 2.42. The summed E-state index contributed by atoms with van der Waals surface area (Å²) >= 11 is 0. The zero-order valence-corrected chi connectivity index (χ0v) is 10.2. The number of hydrogen-bond donors (Lipinski definition) is 3. The number of aliphatic carboxylic acids is 1. The Morgan fingerprint density at radius 2 is 2.17 bits per heavy atom. The molecular formula is C11H20F2N2O3. The molecule has 3 N–H and O–H groups in total. The second kappa shape index (κ2) is 7.60. The molecule has 2 unspecified atom stereocenters. The Labute approximate surface area is 105 Å². The third kappa shape index (κ3) is 5.70. The first-order valence-corrected chi connectivity index (χ1v) is 6.07. The van der Waals surface area contributed by atoms with Gasteiger partial charge in [0, 0.05) is 25.7 Å². The Morgan fingerprint density at radius 3 is 2.72 bits per heavy atom. The van der Waals surface area contributed by atoms with Gasteiger partial charge in [0.05, 0.1) is 13.1 Å². The van der Waals surface area contributed by atoms with Crippen molar-refractivity contribution in [1.82, 2.24) is 10.2 Å². The van der Waals surface area contributed by atoms with Crippen LogP contribution < -0.4 is 5.32 Å². The van der Waals surface area contributed by atoms with Crippen molar-refractivity contribution in [1.29, 1.82) is 0 Å². The van der Waals surface area contributed by atoms with E-state index in [-0.39, 0.29) is 31.7 Å². The molecule has 0 aromatic carbocycles. The smallest absolute Gasteiger partial charge is 0.317 e. The molecular weight excluding hydrogens is 246 g/mol. The molecule has 106 valence electrons. The van der Waals surface area contributed by atoms with Gasteiger partial charge in [0.1, 0.15) is 0 Å². The minimum absolute atomic E-state index is 0.0349. The summed E-state index contributed by atoms with van der Waals surface area (Å²) in [6.07, 6.45) is -1.14. The van der Waals surface area contributed by atoms with E-state index < -0.39 is 12.4 Å². The molecule has 7 heteroatoms. The fraction of sp³-hybridized carbons (Fsp3) is 0.909. The Kier molecular flexibility index (Phi) is 6.45. The van der Waals surface area contributed by atoms with Crippen LogP contribution in [0.3, 0.4) is 0 Å². The topological polar surface area (TPSA) is 72.8 Å². The van der Waals surface area contributed by atoms with E-state index in [0.717, 1.165) is 0 Å². The maximum Gasteiger partial charge on any atom is 0.317 e. The van der Waals surface area contributed by atoms with Crippen molar-refractivity contribution in [2.45, 2.75) is 25.3 Å². The largest absolute Gasteiger partial charge is 0.480 e. The third-order valence-electron chi connectivity index (χ3n) is 3.07. The summed E-state index contributed by atoms with van der Waals surface area (Å²) in [5.74, 6) is -0.773. The van der Waals surface area contributed by atoms with Crippen molar-refractivity contribution >= 4 is 5.97 Å². The zero-order valence-electron chi connectivity index (χ0n) is 10.2. The maximum atomic E-state index is 12.1. The minimum atomic E-state index is -2.41. The Morgan fingerprint density at radius 1 is 1.44 bits per heavy atom. The summed E-state index contributed by atoms with van der Waals surface area (Å²) in [4.78, 5) is 12.4. The number of aliphatic hydroxyl groups is 1. The van der Waals surface area contributed by atoms with E-state index in [1.807, 2.05) is 0 Å². The second-order valence-corrected chi connectivity index (χ2v) is 4.70. The molecule has 0 spiro atoms. The lowest BCUT2D eigenvalue weighted by molar-refractivity contribution is -0.138. The van der Waals surface area contributed by atoms with E-state index in [1.165, 1.54) is 0 Å². The van der Waals surface area contributed by atoms with Crippen LogP contribution in [0.5, 0.6) is 0 Å².